The molecule has 0 bridgehead atoms. The molecular weight excluding hydrogens is 136 g/mol. The van der Waals surface area contributed by atoms with E-state index in [0.29, 0.717) is 11.7 Å². The Morgan fingerprint density at radius 2 is 2.36 bits per heavy atom. The first kappa shape index (κ1) is 7.08. The number of carbonyl (C=O) groups is 1. The van der Waals surface area contributed by atoms with Crippen LogP contribution in [0.3, 0.4) is 0 Å². The molecule has 2 aliphatic carbocycles. The van der Waals surface area contributed by atoms with Crippen LogP contribution >= 0.6 is 0 Å². The molecule has 0 aromatic carbocycles. The monoisotopic (exact) mass is 150 g/mol. The van der Waals surface area contributed by atoms with Crippen molar-refractivity contribution >= 4 is 5.78 Å². The quantitative estimate of drug-likeness (QED) is 0.524. The summed E-state index contributed by atoms with van der Waals surface area (Å²) in [5, 5.41) is 0. The van der Waals surface area contributed by atoms with Gasteiger partial charge in [0.25, 0.3) is 0 Å². The van der Waals surface area contributed by atoms with Crippen LogP contribution in [0.25, 0.3) is 0 Å². The zero-order chi connectivity index (χ0) is 7.90. The standard InChI is InChI=1S/C10H14O/c1-2-8-7-10(8)6-4-3-5-9(10)11/h2,8H,1,3-7H2/t8-,10+/m1/s1. The van der Waals surface area contributed by atoms with E-state index in [1.807, 2.05) is 6.08 Å². The van der Waals surface area contributed by atoms with E-state index in [-0.39, 0.29) is 5.41 Å². The van der Waals surface area contributed by atoms with E-state index >= 15 is 0 Å². The molecule has 0 aliphatic heterocycles. The lowest BCUT2D eigenvalue weighted by molar-refractivity contribution is -0.126. The van der Waals surface area contributed by atoms with Crippen molar-refractivity contribution in [3.8, 4) is 0 Å². The molecule has 2 aliphatic rings. The van der Waals surface area contributed by atoms with Crippen molar-refractivity contribution in [1.29, 1.82) is 0 Å². The van der Waals surface area contributed by atoms with E-state index in [1.54, 1.807) is 0 Å². The van der Waals surface area contributed by atoms with E-state index < -0.39 is 0 Å². The Bertz CT molecular complexity index is 207. The molecule has 2 atom stereocenters. The second-order valence-electron chi connectivity index (χ2n) is 3.83. The number of carbonyl (C=O) groups excluding carboxylic acids is 1. The van der Waals surface area contributed by atoms with Crippen LogP contribution in [0.15, 0.2) is 12.7 Å². The molecule has 0 aromatic rings. The molecule has 0 heterocycles. The molecule has 11 heavy (non-hydrogen) atoms. The second-order valence-corrected chi connectivity index (χ2v) is 3.83. The van der Waals surface area contributed by atoms with Crippen LogP contribution in [0.1, 0.15) is 32.1 Å². The van der Waals surface area contributed by atoms with Gasteiger partial charge >= 0.3 is 0 Å². The molecule has 0 amide bonds. The van der Waals surface area contributed by atoms with Crippen molar-refractivity contribution in [3.05, 3.63) is 12.7 Å². The van der Waals surface area contributed by atoms with Crippen molar-refractivity contribution < 1.29 is 4.79 Å². The van der Waals surface area contributed by atoms with Crippen LogP contribution in [0, 0.1) is 11.3 Å². The van der Waals surface area contributed by atoms with Gasteiger partial charge in [-0.25, -0.2) is 0 Å². The highest BCUT2D eigenvalue weighted by Crippen LogP contribution is 2.59. The highest BCUT2D eigenvalue weighted by atomic mass is 16.1. The summed E-state index contributed by atoms with van der Waals surface area (Å²) in [5.74, 6) is 1.03. The summed E-state index contributed by atoms with van der Waals surface area (Å²) in [5.41, 5.74) is 0.0972. The third-order valence-electron chi connectivity index (χ3n) is 3.25. The van der Waals surface area contributed by atoms with E-state index in [2.05, 4.69) is 6.58 Å². The number of rotatable bonds is 1. The molecule has 1 heteroatoms. The van der Waals surface area contributed by atoms with Gasteiger partial charge in [-0.05, 0) is 25.2 Å². The number of Topliss-reactive ketones (excluding diaryl/α,β-unsaturated/α-hetero) is 1. The summed E-state index contributed by atoms with van der Waals surface area (Å²) in [6.45, 7) is 3.75. The first-order valence-electron chi connectivity index (χ1n) is 4.45. The minimum atomic E-state index is 0.0972. The first-order chi connectivity index (χ1) is 5.29. The Labute approximate surface area is 67.5 Å². The summed E-state index contributed by atoms with van der Waals surface area (Å²) < 4.78 is 0. The lowest BCUT2D eigenvalue weighted by Crippen LogP contribution is -2.21. The largest absolute Gasteiger partial charge is 0.299 e. The van der Waals surface area contributed by atoms with Gasteiger partial charge in [-0.3, -0.25) is 4.79 Å². The molecule has 2 fully saturated rings. The van der Waals surface area contributed by atoms with Crippen LogP contribution in [-0.4, -0.2) is 5.78 Å². The normalized spacial score (nSPS) is 42.5. The van der Waals surface area contributed by atoms with Crippen LogP contribution in [0.4, 0.5) is 0 Å². The molecule has 0 unspecified atom stereocenters. The predicted octanol–water partition coefficient (Wildman–Crippen LogP) is 2.32. The van der Waals surface area contributed by atoms with Crippen molar-refractivity contribution in [2.75, 3.05) is 0 Å². The van der Waals surface area contributed by atoms with Gasteiger partial charge in [0.15, 0.2) is 0 Å². The van der Waals surface area contributed by atoms with Crippen molar-refractivity contribution in [2.45, 2.75) is 32.1 Å². The Balaban J connectivity index is 2.13. The summed E-state index contributed by atoms with van der Waals surface area (Å²) in [4.78, 5) is 11.5. The molecular formula is C10H14O. The second kappa shape index (κ2) is 2.20. The smallest absolute Gasteiger partial charge is 0.139 e. The molecule has 2 saturated carbocycles. The minimum Gasteiger partial charge on any atom is -0.299 e. The van der Waals surface area contributed by atoms with Crippen molar-refractivity contribution in [1.82, 2.24) is 0 Å². The number of hydrogen-bond donors (Lipinski definition) is 0. The van der Waals surface area contributed by atoms with Gasteiger partial charge < -0.3 is 0 Å². The Kier molecular flexibility index (Phi) is 1.41. The maximum absolute atomic E-state index is 11.5. The highest BCUT2D eigenvalue weighted by molar-refractivity contribution is 5.89. The number of ketones is 1. The lowest BCUT2D eigenvalue weighted by Gasteiger charge is -2.20. The number of allylic oxidation sites excluding steroid dienone is 1. The van der Waals surface area contributed by atoms with E-state index in [0.717, 1.165) is 25.7 Å². The molecule has 0 N–H and O–H groups in total. The Morgan fingerprint density at radius 1 is 1.55 bits per heavy atom. The average molecular weight is 150 g/mol. The van der Waals surface area contributed by atoms with E-state index in [4.69, 9.17) is 0 Å². The summed E-state index contributed by atoms with van der Waals surface area (Å²) in [6.07, 6.45) is 7.37. The van der Waals surface area contributed by atoms with Crippen molar-refractivity contribution in [3.63, 3.8) is 0 Å². The first-order valence-corrected chi connectivity index (χ1v) is 4.45. The van der Waals surface area contributed by atoms with E-state index in [1.165, 1.54) is 6.42 Å². The molecule has 1 nitrogen and oxygen atoms in total. The molecule has 2 rings (SSSR count). The predicted molar refractivity (Wildman–Crippen MR) is 44.2 cm³/mol. The molecule has 1 spiro atoms. The maximum atomic E-state index is 11.5. The number of hydrogen-bond acceptors (Lipinski definition) is 1. The average Bonchev–Trinajstić information content (AvgIpc) is 2.72. The fourth-order valence-corrected chi connectivity index (χ4v) is 2.36. The zero-order valence-electron chi connectivity index (χ0n) is 6.81. The van der Waals surface area contributed by atoms with Crippen LogP contribution in [-0.2, 0) is 4.79 Å². The fourth-order valence-electron chi connectivity index (χ4n) is 2.36. The van der Waals surface area contributed by atoms with Crippen LogP contribution in [0.5, 0.6) is 0 Å². The molecule has 0 aromatic heterocycles. The van der Waals surface area contributed by atoms with Gasteiger partial charge in [0.1, 0.15) is 5.78 Å². The van der Waals surface area contributed by atoms with Crippen LogP contribution < -0.4 is 0 Å². The lowest BCUT2D eigenvalue weighted by atomic mass is 9.83. The SMILES string of the molecule is C=C[C@@H]1C[C@@]12CCCCC2=O. The Hall–Kier alpha value is -0.590. The van der Waals surface area contributed by atoms with Gasteiger partial charge in [-0.15, -0.1) is 6.58 Å². The fraction of sp³-hybridized carbons (Fsp3) is 0.700. The third kappa shape index (κ3) is 0.867. The Morgan fingerprint density at radius 3 is 2.91 bits per heavy atom. The van der Waals surface area contributed by atoms with Gasteiger partial charge in [0.05, 0.1) is 0 Å². The zero-order valence-corrected chi connectivity index (χ0v) is 6.81. The molecule has 60 valence electrons. The van der Waals surface area contributed by atoms with Gasteiger partial charge in [-0.2, -0.15) is 0 Å². The maximum Gasteiger partial charge on any atom is 0.139 e. The van der Waals surface area contributed by atoms with Gasteiger partial charge in [0.2, 0.25) is 0 Å². The van der Waals surface area contributed by atoms with Crippen molar-refractivity contribution in [2.24, 2.45) is 11.3 Å². The molecule has 0 radical (unpaired) electrons. The third-order valence-corrected chi connectivity index (χ3v) is 3.25. The minimum absolute atomic E-state index is 0.0972. The highest BCUT2D eigenvalue weighted by Gasteiger charge is 2.57. The van der Waals surface area contributed by atoms with Crippen LogP contribution in [0.2, 0.25) is 0 Å². The summed E-state index contributed by atoms with van der Waals surface area (Å²) in [6, 6.07) is 0. The van der Waals surface area contributed by atoms with E-state index in [9.17, 15) is 4.79 Å². The van der Waals surface area contributed by atoms with Gasteiger partial charge in [0, 0.05) is 11.8 Å². The topological polar surface area (TPSA) is 17.1 Å². The van der Waals surface area contributed by atoms with Gasteiger partial charge in [-0.1, -0.05) is 12.5 Å². The summed E-state index contributed by atoms with van der Waals surface area (Å²) >= 11 is 0. The molecule has 0 saturated heterocycles. The summed E-state index contributed by atoms with van der Waals surface area (Å²) in [7, 11) is 0.